The van der Waals surface area contributed by atoms with Crippen molar-refractivity contribution in [2.75, 3.05) is 0 Å². The van der Waals surface area contributed by atoms with Crippen LogP contribution in [0.25, 0.3) is 0 Å². The average molecular weight is 233 g/mol. The first-order valence-corrected chi connectivity index (χ1v) is 7.58. The Kier molecular flexibility index (Phi) is 2.13. The SMILES string of the molecule is O=C(NC1CCC2(CC1)CC2)C1C2CCCC21. The zero-order valence-electron chi connectivity index (χ0n) is 10.6. The lowest BCUT2D eigenvalue weighted by Crippen LogP contribution is -2.39. The van der Waals surface area contributed by atoms with E-state index in [1.807, 2.05) is 0 Å². The van der Waals surface area contributed by atoms with E-state index in [1.165, 1.54) is 57.8 Å². The molecule has 2 atom stereocenters. The third-order valence-electron chi connectivity index (χ3n) is 6.06. The van der Waals surface area contributed by atoms with E-state index in [9.17, 15) is 4.79 Å². The van der Waals surface area contributed by atoms with Crippen LogP contribution in [-0.2, 0) is 4.79 Å². The molecule has 0 aromatic carbocycles. The van der Waals surface area contributed by atoms with E-state index in [2.05, 4.69) is 5.32 Å². The predicted molar refractivity (Wildman–Crippen MR) is 66.4 cm³/mol. The van der Waals surface area contributed by atoms with Gasteiger partial charge in [0.2, 0.25) is 5.91 Å². The fraction of sp³-hybridized carbons (Fsp3) is 0.933. The molecule has 4 fully saturated rings. The Bertz CT molecular complexity index is 327. The Morgan fingerprint density at radius 1 is 0.941 bits per heavy atom. The van der Waals surface area contributed by atoms with Crippen molar-refractivity contribution in [1.82, 2.24) is 5.32 Å². The molecule has 94 valence electrons. The molecule has 1 spiro atoms. The maximum absolute atomic E-state index is 12.2. The standard InChI is InChI=1S/C15H23NO/c17-14(13-11-2-1-3-12(11)13)16-10-4-6-15(7-5-10)8-9-15/h10-13H,1-9H2,(H,16,17). The highest BCUT2D eigenvalue weighted by Crippen LogP contribution is 2.58. The van der Waals surface area contributed by atoms with Gasteiger partial charge in [0.05, 0.1) is 0 Å². The Morgan fingerprint density at radius 2 is 1.59 bits per heavy atom. The molecular formula is C15H23NO. The van der Waals surface area contributed by atoms with Crippen LogP contribution in [0.1, 0.15) is 57.8 Å². The van der Waals surface area contributed by atoms with Gasteiger partial charge in [0.25, 0.3) is 0 Å². The summed E-state index contributed by atoms with van der Waals surface area (Å²) < 4.78 is 0. The third kappa shape index (κ3) is 1.71. The van der Waals surface area contributed by atoms with Crippen molar-refractivity contribution in [1.29, 1.82) is 0 Å². The zero-order chi connectivity index (χ0) is 11.5. The summed E-state index contributed by atoms with van der Waals surface area (Å²) in [6, 6.07) is 0.509. The maximum atomic E-state index is 12.2. The van der Waals surface area contributed by atoms with Crippen LogP contribution in [-0.4, -0.2) is 11.9 Å². The molecule has 17 heavy (non-hydrogen) atoms. The van der Waals surface area contributed by atoms with Gasteiger partial charge in [0.1, 0.15) is 0 Å². The van der Waals surface area contributed by atoms with Gasteiger partial charge in [-0.3, -0.25) is 4.79 Å². The first-order chi connectivity index (χ1) is 8.27. The van der Waals surface area contributed by atoms with Crippen molar-refractivity contribution in [2.45, 2.75) is 63.8 Å². The van der Waals surface area contributed by atoms with Gasteiger partial charge >= 0.3 is 0 Å². The first-order valence-electron chi connectivity index (χ1n) is 7.58. The monoisotopic (exact) mass is 233 g/mol. The molecular weight excluding hydrogens is 210 g/mol. The molecule has 0 bridgehead atoms. The van der Waals surface area contributed by atoms with Gasteiger partial charge in [0.15, 0.2) is 0 Å². The summed E-state index contributed by atoms with van der Waals surface area (Å²) in [5.41, 5.74) is 0.747. The van der Waals surface area contributed by atoms with Gasteiger partial charge in [0, 0.05) is 12.0 Å². The molecule has 2 heteroatoms. The maximum Gasteiger partial charge on any atom is 0.223 e. The number of nitrogens with one attached hydrogen (secondary N) is 1. The molecule has 0 aromatic heterocycles. The van der Waals surface area contributed by atoms with Crippen LogP contribution < -0.4 is 5.32 Å². The second-order valence-corrected chi connectivity index (χ2v) is 7.07. The summed E-state index contributed by atoms with van der Waals surface area (Å²) in [5.74, 6) is 2.36. The van der Waals surface area contributed by atoms with E-state index in [4.69, 9.17) is 0 Å². The Balaban J connectivity index is 1.28. The molecule has 0 saturated heterocycles. The topological polar surface area (TPSA) is 29.1 Å². The highest BCUT2D eigenvalue weighted by Gasteiger charge is 2.56. The van der Waals surface area contributed by atoms with Gasteiger partial charge in [-0.15, -0.1) is 0 Å². The van der Waals surface area contributed by atoms with Crippen molar-refractivity contribution < 1.29 is 4.79 Å². The fourth-order valence-corrected chi connectivity index (χ4v) is 4.56. The highest BCUT2D eigenvalue weighted by atomic mass is 16.2. The number of rotatable bonds is 2. The molecule has 2 nitrogen and oxygen atoms in total. The van der Waals surface area contributed by atoms with Gasteiger partial charge < -0.3 is 5.32 Å². The number of amides is 1. The van der Waals surface area contributed by atoms with Crippen LogP contribution in [0.2, 0.25) is 0 Å². The van der Waals surface area contributed by atoms with Crippen LogP contribution in [0.15, 0.2) is 0 Å². The minimum Gasteiger partial charge on any atom is -0.353 e. The minimum absolute atomic E-state index is 0.399. The predicted octanol–water partition coefficient (Wildman–Crippen LogP) is 2.87. The molecule has 0 aromatic rings. The number of fused-ring (bicyclic) bond motifs is 1. The zero-order valence-corrected chi connectivity index (χ0v) is 10.6. The number of hydrogen-bond donors (Lipinski definition) is 1. The average Bonchev–Trinajstić information content (AvgIpc) is 3.21. The minimum atomic E-state index is 0.399. The summed E-state index contributed by atoms with van der Waals surface area (Å²) >= 11 is 0. The van der Waals surface area contributed by atoms with Crippen molar-refractivity contribution in [3.63, 3.8) is 0 Å². The molecule has 0 radical (unpaired) electrons. The molecule has 4 saturated carbocycles. The molecule has 1 amide bonds. The lowest BCUT2D eigenvalue weighted by atomic mass is 9.83. The summed E-state index contributed by atoms with van der Waals surface area (Å²) in [6.45, 7) is 0. The third-order valence-corrected chi connectivity index (χ3v) is 6.06. The van der Waals surface area contributed by atoms with Crippen LogP contribution >= 0.6 is 0 Å². The molecule has 1 N–H and O–H groups in total. The van der Waals surface area contributed by atoms with E-state index in [1.54, 1.807) is 0 Å². The van der Waals surface area contributed by atoms with Crippen LogP contribution in [0, 0.1) is 23.2 Å². The van der Waals surface area contributed by atoms with Gasteiger partial charge in [-0.05, 0) is 68.6 Å². The Hall–Kier alpha value is -0.530. The second kappa shape index (κ2) is 3.49. The summed E-state index contributed by atoms with van der Waals surface area (Å²) in [6.07, 6.45) is 12.1. The number of carbonyl (C=O) groups is 1. The van der Waals surface area contributed by atoms with E-state index in [0.29, 0.717) is 17.9 Å². The van der Waals surface area contributed by atoms with Gasteiger partial charge in [-0.2, -0.15) is 0 Å². The molecule has 4 rings (SSSR count). The second-order valence-electron chi connectivity index (χ2n) is 7.07. The van der Waals surface area contributed by atoms with Crippen LogP contribution in [0.3, 0.4) is 0 Å². The summed E-state index contributed by atoms with van der Waals surface area (Å²) in [5, 5.41) is 3.34. The van der Waals surface area contributed by atoms with Crippen molar-refractivity contribution in [2.24, 2.45) is 23.2 Å². The van der Waals surface area contributed by atoms with Crippen LogP contribution in [0.5, 0.6) is 0 Å². The number of carbonyl (C=O) groups excluding carboxylic acids is 1. The van der Waals surface area contributed by atoms with Crippen molar-refractivity contribution in [3.05, 3.63) is 0 Å². The van der Waals surface area contributed by atoms with E-state index < -0.39 is 0 Å². The molecule has 2 unspecified atom stereocenters. The first kappa shape index (κ1) is 10.4. The summed E-state index contributed by atoms with van der Waals surface area (Å²) in [7, 11) is 0. The Morgan fingerprint density at radius 3 is 2.18 bits per heavy atom. The van der Waals surface area contributed by atoms with Crippen molar-refractivity contribution >= 4 is 5.91 Å². The smallest absolute Gasteiger partial charge is 0.223 e. The molecule has 0 heterocycles. The fourth-order valence-electron chi connectivity index (χ4n) is 4.56. The number of hydrogen-bond acceptors (Lipinski definition) is 1. The van der Waals surface area contributed by atoms with E-state index in [0.717, 1.165) is 17.3 Å². The van der Waals surface area contributed by atoms with Gasteiger partial charge in [-0.1, -0.05) is 6.42 Å². The quantitative estimate of drug-likeness (QED) is 0.780. The van der Waals surface area contributed by atoms with E-state index >= 15 is 0 Å². The largest absolute Gasteiger partial charge is 0.353 e. The van der Waals surface area contributed by atoms with Crippen LogP contribution in [0.4, 0.5) is 0 Å². The normalized spacial score (nSPS) is 42.2. The highest BCUT2D eigenvalue weighted by molar-refractivity contribution is 5.82. The summed E-state index contributed by atoms with van der Waals surface area (Å²) in [4.78, 5) is 12.2. The van der Waals surface area contributed by atoms with Crippen molar-refractivity contribution in [3.8, 4) is 0 Å². The molecule has 4 aliphatic rings. The molecule has 0 aliphatic heterocycles. The lowest BCUT2D eigenvalue weighted by molar-refractivity contribution is -0.124. The molecule has 4 aliphatic carbocycles. The van der Waals surface area contributed by atoms with E-state index in [-0.39, 0.29) is 0 Å². The lowest BCUT2D eigenvalue weighted by Gasteiger charge is -2.29. The van der Waals surface area contributed by atoms with Gasteiger partial charge in [-0.25, -0.2) is 0 Å². The Labute approximate surface area is 104 Å².